The van der Waals surface area contributed by atoms with E-state index in [0.717, 1.165) is 18.7 Å². The summed E-state index contributed by atoms with van der Waals surface area (Å²) in [5.41, 5.74) is 8.72. The van der Waals surface area contributed by atoms with Gasteiger partial charge in [-0.15, -0.1) is 0 Å². The molecule has 0 bridgehead atoms. The predicted molar refractivity (Wildman–Crippen MR) is 73.9 cm³/mol. The molecule has 3 radical (unpaired) electrons. The minimum atomic E-state index is 0. The van der Waals surface area contributed by atoms with Gasteiger partial charge in [0.25, 0.3) is 0 Å². The van der Waals surface area contributed by atoms with Gasteiger partial charge in [0.2, 0.25) is 0 Å². The minimum absolute atomic E-state index is 0. The number of likely N-dealkylation sites (tertiary alicyclic amines) is 1. The second-order valence-electron chi connectivity index (χ2n) is 5.15. The summed E-state index contributed by atoms with van der Waals surface area (Å²) in [5.74, 6) is 1.04. The van der Waals surface area contributed by atoms with Crippen molar-refractivity contribution in [2.24, 2.45) is 5.73 Å². The molecule has 3 nitrogen and oxygen atoms in total. The van der Waals surface area contributed by atoms with Gasteiger partial charge in [-0.3, -0.25) is 4.90 Å². The maximum absolute atomic E-state index is 5.99. The molecule has 18 heavy (non-hydrogen) atoms. The Balaban J connectivity index is 0.00000120. The van der Waals surface area contributed by atoms with E-state index in [0.29, 0.717) is 6.61 Å². The quantitative estimate of drug-likeness (QED) is 0.792. The van der Waals surface area contributed by atoms with Crippen LogP contribution in [0.5, 0.6) is 5.75 Å². The number of fused-ring (bicyclic) bond motifs is 1. The summed E-state index contributed by atoms with van der Waals surface area (Å²) in [6, 6.07) is 6.54. The van der Waals surface area contributed by atoms with Gasteiger partial charge in [0.15, 0.2) is 0 Å². The molecule has 0 unspecified atom stereocenters. The van der Waals surface area contributed by atoms with E-state index in [-0.39, 0.29) is 14.5 Å². The summed E-state index contributed by atoms with van der Waals surface area (Å²) in [6.45, 7) is 4.17. The molecular weight excluding hydrogens is 223 g/mol. The van der Waals surface area contributed by atoms with Gasteiger partial charge in [0, 0.05) is 26.6 Å². The summed E-state index contributed by atoms with van der Waals surface area (Å²) in [5, 5.41) is 0. The highest BCUT2D eigenvalue weighted by molar-refractivity contribution is 5.75. The van der Waals surface area contributed by atoms with Gasteiger partial charge in [0.05, 0.1) is 0 Å². The first kappa shape index (κ1) is 13.4. The van der Waals surface area contributed by atoms with Gasteiger partial charge in [-0.25, -0.2) is 0 Å². The van der Waals surface area contributed by atoms with Crippen LogP contribution in [-0.4, -0.2) is 39.1 Å². The summed E-state index contributed by atoms with van der Waals surface area (Å²) in [7, 11) is 0. The molecule has 0 amide bonds. The number of benzene rings is 1. The molecule has 2 N–H and O–H groups in total. The second-order valence-corrected chi connectivity index (χ2v) is 5.15. The third-order valence-electron chi connectivity index (χ3n) is 3.74. The Morgan fingerprint density at radius 1 is 1.28 bits per heavy atom. The number of rotatable bonds is 2. The van der Waals surface area contributed by atoms with Crippen molar-refractivity contribution in [3.05, 3.63) is 29.3 Å². The van der Waals surface area contributed by atoms with Gasteiger partial charge < -0.3 is 10.5 Å². The lowest BCUT2D eigenvalue weighted by atomic mass is 9.97. The zero-order valence-corrected chi connectivity index (χ0v) is 10.8. The maximum atomic E-state index is 5.99. The van der Waals surface area contributed by atoms with E-state index in [4.69, 9.17) is 10.5 Å². The van der Waals surface area contributed by atoms with Crippen LogP contribution in [0.1, 0.15) is 24.0 Å². The molecule has 1 aromatic rings. The van der Waals surface area contributed by atoms with E-state index < -0.39 is 0 Å². The van der Waals surface area contributed by atoms with Crippen LogP contribution in [0.2, 0.25) is 0 Å². The fourth-order valence-corrected chi connectivity index (χ4v) is 2.83. The summed E-state index contributed by atoms with van der Waals surface area (Å²) < 4.78 is 5.70. The van der Waals surface area contributed by atoms with Gasteiger partial charge in [-0.1, -0.05) is 12.1 Å². The minimum Gasteiger partial charge on any atom is -0.492 e. The molecule has 0 aliphatic carbocycles. The van der Waals surface area contributed by atoms with Gasteiger partial charge in [-0.2, -0.15) is 0 Å². The first-order chi connectivity index (χ1) is 8.33. The van der Waals surface area contributed by atoms with Crippen molar-refractivity contribution in [1.29, 1.82) is 0 Å². The zero-order chi connectivity index (χ0) is 11.7. The molecular formula is C14H20BN2O. The average molecular weight is 243 g/mol. The first-order valence-corrected chi connectivity index (χ1v) is 6.54. The maximum Gasteiger partial charge on any atom is 0.122 e. The van der Waals surface area contributed by atoms with Crippen LogP contribution in [0.4, 0.5) is 0 Å². The van der Waals surface area contributed by atoms with E-state index in [1.807, 2.05) is 0 Å². The van der Waals surface area contributed by atoms with E-state index >= 15 is 0 Å². The highest BCUT2D eigenvalue weighted by atomic mass is 16.5. The lowest BCUT2D eigenvalue weighted by Crippen LogP contribution is -2.34. The van der Waals surface area contributed by atoms with E-state index in [2.05, 4.69) is 23.1 Å². The lowest BCUT2D eigenvalue weighted by Gasteiger charge is -2.26. The Labute approximate surface area is 111 Å². The molecule has 0 saturated carbocycles. The molecule has 1 fully saturated rings. The highest BCUT2D eigenvalue weighted by Gasteiger charge is 2.21. The van der Waals surface area contributed by atoms with Crippen molar-refractivity contribution in [3.63, 3.8) is 0 Å². The SMILES string of the molecule is N[C@@H]1COc2cccc(CN3CCCC3)c2C1.[B]. The van der Waals surface area contributed by atoms with Crippen LogP contribution < -0.4 is 10.5 Å². The van der Waals surface area contributed by atoms with Crippen LogP contribution in [0.25, 0.3) is 0 Å². The average Bonchev–Trinajstić information content (AvgIpc) is 2.83. The Morgan fingerprint density at radius 3 is 2.83 bits per heavy atom. The van der Waals surface area contributed by atoms with E-state index in [9.17, 15) is 0 Å². The molecule has 2 heterocycles. The first-order valence-electron chi connectivity index (χ1n) is 6.54. The fourth-order valence-electron chi connectivity index (χ4n) is 2.83. The van der Waals surface area contributed by atoms with Crippen molar-refractivity contribution in [2.75, 3.05) is 19.7 Å². The smallest absolute Gasteiger partial charge is 0.122 e. The second kappa shape index (κ2) is 5.76. The third kappa shape index (κ3) is 2.70. The topological polar surface area (TPSA) is 38.5 Å². The summed E-state index contributed by atoms with van der Waals surface area (Å²) >= 11 is 0. The summed E-state index contributed by atoms with van der Waals surface area (Å²) in [4.78, 5) is 2.52. The number of nitrogens with zero attached hydrogens (tertiary/aromatic N) is 1. The summed E-state index contributed by atoms with van der Waals surface area (Å²) in [6.07, 6.45) is 3.63. The normalized spacial score (nSPS) is 23.1. The number of hydrogen-bond donors (Lipinski definition) is 1. The van der Waals surface area contributed by atoms with Crippen molar-refractivity contribution >= 4 is 8.41 Å². The van der Waals surface area contributed by atoms with Gasteiger partial charge in [0.1, 0.15) is 12.4 Å². The van der Waals surface area contributed by atoms with Crippen LogP contribution in [0.3, 0.4) is 0 Å². The molecule has 0 spiro atoms. The zero-order valence-electron chi connectivity index (χ0n) is 10.8. The number of ether oxygens (including phenoxy) is 1. The van der Waals surface area contributed by atoms with Crippen LogP contribution in [0.15, 0.2) is 18.2 Å². The Morgan fingerprint density at radius 2 is 2.06 bits per heavy atom. The Hall–Kier alpha value is -0.995. The highest BCUT2D eigenvalue weighted by Crippen LogP contribution is 2.28. The van der Waals surface area contributed by atoms with Crippen molar-refractivity contribution in [1.82, 2.24) is 4.90 Å². The standard InChI is InChI=1S/C14H20N2O.B/c15-12-8-13-11(9-16-6-1-2-7-16)4-3-5-14(13)17-10-12;/h3-5,12H,1-2,6-10,15H2;/t12-;/m0./s1. The predicted octanol–water partition coefficient (Wildman–Crippen LogP) is 1.16. The van der Waals surface area contributed by atoms with Crippen molar-refractivity contribution in [3.8, 4) is 5.75 Å². The molecule has 2 aliphatic heterocycles. The Kier molecular flexibility index (Phi) is 4.30. The molecule has 1 aromatic carbocycles. The van der Waals surface area contributed by atoms with E-state index in [1.165, 1.54) is 37.1 Å². The van der Waals surface area contributed by atoms with Crippen molar-refractivity contribution in [2.45, 2.75) is 31.8 Å². The molecule has 95 valence electrons. The van der Waals surface area contributed by atoms with Crippen LogP contribution in [-0.2, 0) is 13.0 Å². The van der Waals surface area contributed by atoms with Crippen LogP contribution >= 0.6 is 0 Å². The largest absolute Gasteiger partial charge is 0.492 e. The molecule has 0 aromatic heterocycles. The molecule has 3 rings (SSSR count). The van der Waals surface area contributed by atoms with Crippen molar-refractivity contribution < 1.29 is 4.74 Å². The Bertz CT molecular complexity index is 405. The molecule has 4 heteroatoms. The molecule has 1 saturated heterocycles. The lowest BCUT2D eigenvalue weighted by molar-refractivity contribution is 0.260. The molecule has 2 aliphatic rings. The monoisotopic (exact) mass is 243 g/mol. The molecule has 1 atom stereocenters. The van der Waals surface area contributed by atoms with Gasteiger partial charge >= 0.3 is 0 Å². The van der Waals surface area contributed by atoms with Gasteiger partial charge in [-0.05, 0) is 44.0 Å². The number of hydrogen-bond acceptors (Lipinski definition) is 3. The third-order valence-corrected chi connectivity index (χ3v) is 3.74. The van der Waals surface area contributed by atoms with E-state index in [1.54, 1.807) is 0 Å². The number of nitrogens with two attached hydrogens (primary N) is 1. The fraction of sp³-hybridized carbons (Fsp3) is 0.571. The van der Waals surface area contributed by atoms with Crippen LogP contribution in [0, 0.1) is 0 Å².